The molecule has 1 aromatic heterocycles. The number of hydrogen-bond donors (Lipinski definition) is 2. The van der Waals surface area contributed by atoms with E-state index >= 15 is 0 Å². The molecule has 0 aliphatic heterocycles. The average Bonchev–Trinajstić information content (AvgIpc) is 2.98. The third-order valence-corrected chi connectivity index (χ3v) is 3.23. The first-order chi connectivity index (χ1) is 7.31. The van der Waals surface area contributed by atoms with Crippen molar-refractivity contribution in [2.45, 2.75) is 31.8 Å². The quantitative estimate of drug-likeness (QED) is 0.739. The summed E-state index contributed by atoms with van der Waals surface area (Å²) in [6.07, 6.45) is 5.60. The molecule has 1 unspecified atom stereocenters. The topological polar surface area (TPSA) is 37.2 Å². The second-order valence-corrected chi connectivity index (χ2v) is 4.45. The van der Waals surface area contributed by atoms with Gasteiger partial charge in [0.15, 0.2) is 0 Å². The van der Waals surface area contributed by atoms with Crippen LogP contribution in [0.25, 0.3) is 0 Å². The highest BCUT2D eigenvalue weighted by Gasteiger charge is 2.30. The summed E-state index contributed by atoms with van der Waals surface area (Å²) in [5, 5.41) is 12.5. The van der Waals surface area contributed by atoms with Crippen molar-refractivity contribution in [1.29, 1.82) is 0 Å². The van der Waals surface area contributed by atoms with Crippen LogP contribution >= 0.6 is 0 Å². The molecule has 84 valence electrons. The molecule has 0 radical (unpaired) electrons. The van der Waals surface area contributed by atoms with Crippen LogP contribution in [-0.2, 0) is 13.6 Å². The fourth-order valence-corrected chi connectivity index (χ4v) is 2.06. The monoisotopic (exact) mass is 208 g/mol. The van der Waals surface area contributed by atoms with Gasteiger partial charge in [-0.3, -0.25) is 0 Å². The minimum Gasteiger partial charge on any atom is -0.396 e. The predicted octanol–water partition coefficient (Wildman–Crippen LogP) is 1.28. The maximum Gasteiger partial charge on any atom is 0.0445 e. The van der Waals surface area contributed by atoms with E-state index in [9.17, 15) is 0 Å². The van der Waals surface area contributed by atoms with Gasteiger partial charge in [-0.2, -0.15) is 0 Å². The molecule has 1 heterocycles. The number of hydrogen-bond acceptors (Lipinski definition) is 2. The molecule has 0 aromatic carbocycles. The number of aromatic nitrogens is 1. The van der Waals surface area contributed by atoms with Gasteiger partial charge in [0.2, 0.25) is 0 Å². The van der Waals surface area contributed by atoms with E-state index in [1.54, 1.807) is 0 Å². The largest absolute Gasteiger partial charge is 0.396 e. The van der Waals surface area contributed by atoms with Crippen LogP contribution in [0, 0.1) is 5.92 Å². The number of aryl methyl sites for hydroxylation is 1. The van der Waals surface area contributed by atoms with Crippen molar-refractivity contribution < 1.29 is 5.11 Å². The normalized spacial score (nSPS) is 18.0. The highest BCUT2D eigenvalue weighted by atomic mass is 16.3. The molecule has 2 rings (SSSR count). The molecule has 0 saturated heterocycles. The predicted molar refractivity (Wildman–Crippen MR) is 60.5 cm³/mol. The minimum absolute atomic E-state index is 0.293. The Hall–Kier alpha value is -0.800. The lowest BCUT2D eigenvalue weighted by molar-refractivity contribution is 0.255. The number of aliphatic hydroxyl groups excluding tert-OH is 1. The Morgan fingerprint density at radius 1 is 1.60 bits per heavy atom. The van der Waals surface area contributed by atoms with Crippen molar-refractivity contribution in [2.75, 3.05) is 6.61 Å². The van der Waals surface area contributed by atoms with Gasteiger partial charge in [0.25, 0.3) is 0 Å². The third kappa shape index (κ3) is 2.83. The van der Waals surface area contributed by atoms with Crippen molar-refractivity contribution in [3.63, 3.8) is 0 Å². The first-order valence-electron chi connectivity index (χ1n) is 5.75. The van der Waals surface area contributed by atoms with E-state index in [0.29, 0.717) is 12.6 Å². The molecular weight excluding hydrogens is 188 g/mol. The fraction of sp³-hybridized carbons (Fsp3) is 0.667. The molecule has 0 bridgehead atoms. The summed E-state index contributed by atoms with van der Waals surface area (Å²) in [6.45, 7) is 1.20. The molecule has 0 spiro atoms. The van der Waals surface area contributed by atoms with E-state index in [-0.39, 0.29) is 0 Å². The molecule has 15 heavy (non-hydrogen) atoms. The zero-order chi connectivity index (χ0) is 10.7. The van der Waals surface area contributed by atoms with Crippen molar-refractivity contribution >= 4 is 0 Å². The van der Waals surface area contributed by atoms with E-state index < -0.39 is 0 Å². The summed E-state index contributed by atoms with van der Waals surface area (Å²) in [6, 6.07) is 4.70. The number of nitrogens with zero attached hydrogens (tertiary/aromatic N) is 1. The summed E-state index contributed by atoms with van der Waals surface area (Å²) < 4.78 is 2.13. The zero-order valence-electron chi connectivity index (χ0n) is 9.32. The van der Waals surface area contributed by atoms with Crippen LogP contribution in [0.4, 0.5) is 0 Å². The van der Waals surface area contributed by atoms with Crippen molar-refractivity contribution in [3.05, 3.63) is 24.0 Å². The Morgan fingerprint density at radius 2 is 2.40 bits per heavy atom. The van der Waals surface area contributed by atoms with Crippen LogP contribution in [-0.4, -0.2) is 22.3 Å². The summed E-state index contributed by atoms with van der Waals surface area (Å²) in [4.78, 5) is 0. The fourth-order valence-electron chi connectivity index (χ4n) is 2.06. The van der Waals surface area contributed by atoms with Crippen molar-refractivity contribution in [2.24, 2.45) is 13.0 Å². The van der Waals surface area contributed by atoms with Crippen LogP contribution in [0.1, 0.15) is 25.0 Å². The molecule has 1 saturated carbocycles. The Morgan fingerprint density at radius 3 is 2.93 bits per heavy atom. The molecule has 1 aliphatic carbocycles. The molecule has 2 N–H and O–H groups in total. The lowest BCUT2D eigenvalue weighted by Gasteiger charge is -2.17. The van der Waals surface area contributed by atoms with E-state index in [4.69, 9.17) is 5.11 Å². The SMILES string of the molecule is Cn1cccc1CNC(CCO)C1CC1. The smallest absolute Gasteiger partial charge is 0.0445 e. The van der Waals surface area contributed by atoms with Gasteiger partial charge in [0.05, 0.1) is 0 Å². The lowest BCUT2D eigenvalue weighted by Crippen LogP contribution is -2.32. The molecule has 1 aromatic rings. The molecule has 3 heteroatoms. The van der Waals surface area contributed by atoms with E-state index in [1.807, 2.05) is 0 Å². The Kier molecular flexibility index (Phi) is 3.44. The van der Waals surface area contributed by atoms with Gasteiger partial charge in [-0.15, -0.1) is 0 Å². The van der Waals surface area contributed by atoms with Gasteiger partial charge in [-0.1, -0.05) is 0 Å². The molecular formula is C12H20N2O. The molecule has 1 aliphatic rings. The van der Waals surface area contributed by atoms with Gasteiger partial charge in [-0.25, -0.2) is 0 Å². The second kappa shape index (κ2) is 4.81. The van der Waals surface area contributed by atoms with Gasteiger partial charge < -0.3 is 15.0 Å². The number of nitrogens with one attached hydrogen (secondary N) is 1. The van der Waals surface area contributed by atoms with Gasteiger partial charge in [0.1, 0.15) is 0 Å². The van der Waals surface area contributed by atoms with Crippen LogP contribution in [0.15, 0.2) is 18.3 Å². The second-order valence-electron chi connectivity index (χ2n) is 4.45. The Labute approximate surface area is 91.1 Å². The van der Waals surface area contributed by atoms with E-state index in [0.717, 1.165) is 18.9 Å². The van der Waals surface area contributed by atoms with Crippen molar-refractivity contribution in [3.8, 4) is 0 Å². The van der Waals surface area contributed by atoms with E-state index in [1.165, 1.54) is 18.5 Å². The summed E-state index contributed by atoms with van der Waals surface area (Å²) in [7, 11) is 2.06. The summed E-state index contributed by atoms with van der Waals surface area (Å²) in [5.41, 5.74) is 1.30. The molecule has 0 amide bonds. The highest BCUT2D eigenvalue weighted by Crippen LogP contribution is 2.34. The van der Waals surface area contributed by atoms with Gasteiger partial charge >= 0.3 is 0 Å². The van der Waals surface area contributed by atoms with Crippen molar-refractivity contribution in [1.82, 2.24) is 9.88 Å². The average molecular weight is 208 g/mol. The first kappa shape index (κ1) is 10.7. The lowest BCUT2D eigenvalue weighted by atomic mass is 10.1. The number of aliphatic hydroxyl groups is 1. The van der Waals surface area contributed by atoms with Gasteiger partial charge in [0, 0.05) is 38.1 Å². The minimum atomic E-state index is 0.293. The first-order valence-corrected chi connectivity index (χ1v) is 5.75. The zero-order valence-corrected chi connectivity index (χ0v) is 9.32. The summed E-state index contributed by atoms with van der Waals surface area (Å²) in [5.74, 6) is 0.803. The third-order valence-electron chi connectivity index (χ3n) is 3.23. The van der Waals surface area contributed by atoms with Crippen LogP contribution in [0.2, 0.25) is 0 Å². The summed E-state index contributed by atoms with van der Waals surface area (Å²) >= 11 is 0. The van der Waals surface area contributed by atoms with Crippen LogP contribution < -0.4 is 5.32 Å². The molecule has 1 fully saturated rings. The van der Waals surface area contributed by atoms with Crippen LogP contribution in [0.3, 0.4) is 0 Å². The standard InChI is InChI=1S/C12H20N2O/c1-14-7-2-3-11(14)9-13-12(6-8-15)10-4-5-10/h2-3,7,10,12-13,15H,4-6,8-9H2,1H3. The maximum atomic E-state index is 8.98. The Bertz CT molecular complexity index is 304. The molecule has 1 atom stereocenters. The highest BCUT2D eigenvalue weighted by molar-refractivity contribution is 5.06. The molecule has 3 nitrogen and oxygen atoms in total. The van der Waals surface area contributed by atoms with E-state index in [2.05, 4.69) is 35.3 Å². The Balaban J connectivity index is 1.82. The number of rotatable bonds is 6. The van der Waals surface area contributed by atoms with Crippen LogP contribution in [0.5, 0.6) is 0 Å². The maximum absolute atomic E-state index is 8.98. The van der Waals surface area contributed by atoms with Gasteiger partial charge in [-0.05, 0) is 37.3 Å².